The third-order valence-electron chi connectivity index (χ3n) is 3.92. The Morgan fingerprint density at radius 2 is 1.92 bits per heavy atom. The molecule has 1 atom stereocenters. The van der Waals surface area contributed by atoms with Crippen LogP contribution in [-0.2, 0) is 16.3 Å². The van der Waals surface area contributed by atoms with Crippen LogP contribution in [0.1, 0.15) is 17.2 Å². The summed E-state index contributed by atoms with van der Waals surface area (Å²) in [5.74, 6) is -5.50. The zero-order chi connectivity index (χ0) is 19.3. The van der Waals surface area contributed by atoms with Crippen LogP contribution in [0.4, 0.5) is 17.6 Å². The Kier molecular flexibility index (Phi) is 4.35. The Morgan fingerprint density at radius 3 is 2.54 bits per heavy atom. The van der Waals surface area contributed by atoms with E-state index >= 15 is 0 Å². The van der Waals surface area contributed by atoms with E-state index in [-0.39, 0.29) is 17.1 Å². The first-order valence-electron chi connectivity index (χ1n) is 7.23. The van der Waals surface area contributed by atoms with Crippen LogP contribution in [0, 0.1) is 5.82 Å². The van der Waals surface area contributed by atoms with Crippen molar-refractivity contribution in [2.24, 2.45) is 0 Å². The molecule has 26 heavy (non-hydrogen) atoms. The standard InChI is InChI=1S/C16H12F4O5S/c17-7-26(23,24)13-2-1-12(11-6-16(19,20)15(22)14(11)13)25-10-4-8(18)3-9(21)5-10/h1-5,15,21-22H,6-7H2. The van der Waals surface area contributed by atoms with Crippen LogP contribution in [0.25, 0.3) is 0 Å². The molecule has 2 aromatic rings. The lowest BCUT2D eigenvalue weighted by molar-refractivity contribution is -0.0976. The first kappa shape index (κ1) is 18.5. The van der Waals surface area contributed by atoms with Crippen LogP contribution < -0.4 is 4.74 Å². The van der Waals surface area contributed by atoms with E-state index in [1.165, 1.54) is 0 Å². The second-order valence-electron chi connectivity index (χ2n) is 5.77. The zero-order valence-electron chi connectivity index (χ0n) is 12.9. The largest absolute Gasteiger partial charge is 0.508 e. The highest BCUT2D eigenvalue weighted by Gasteiger charge is 2.50. The summed E-state index contributed by atoms with van der Waals surface area (Å²) >= 11 is 0. The van der Waals surface area contributed by atoms with Gasteiger partial charge in [0.05, 0.1) is 4.90 Å². The normalized spacial score (nSPS) is 18.6. The molecule has 1 aliphatic rings. The first-order valence-corrected chi connectivity index (χ1v) is 8.88. The van der Waals surface area contributed by atoms with Crippen molar-refractivity contribution in [2.75, 3.05) is 6.01 Å². The average Bonchev–Trinajstić information content (AvgIpc) is 2.77. The Balaban J connectivity index is 2.15. The van der Waals surface area contributed by atoms with Crippen molar-refractivity contribution in [1.29, 1.82) is 0 Å². The molecule has 0 fully saturated rings. The van der Waals surface area contributed by atoms with Crippen LogP contribution >= 0.6 is 0 Å². The number of fused-ring (bicyclic) bond motifs is 1. The highest BCUT2D eigenvalue weighted by atomic mass is 32.2. The minimum absolute atomic E-state index is 0.226. The number of hydrogen-bond acceptors (Lipinski definition) is 5. The molecule has 0 bridgehead atoms. The fourth-order valence-corrected chi connectivity index (χ4v) is 3.77. The van der Waals surface area contributed by atoms with Gasteiger partial charge in [-0.15, -0.1) is 0 Å². The third kappa shape index (κ3) is 3.10. The molecule has 5 nitrogen and oxygen atoms in total. The van der Waals surface area contributed by atoms with Crippen molar-refractivity contribution in [1.82, 2.24) is 0 Å². The van der Waals surface area contributed by atoms with Crippen LogP contribution in [0.2, 0.25) is 0 Å². The summed E-state index contributed by atoms with van der Waals surface area (Å²) < 4.78 is 83.0. The number of sulfone groups is 1. The Morgan fingerprint density at radius 1 is 1.23 bits per heavy atom. The molecule has 3 rings (SSSR count). The number of phenols is 1. The van der Waals surface area contributed by atoms with E-state index in [2.05, 4.69) is 0 Å². The number of aromatic hydroxyl groups is 1. The van der Waals surface area contributed by atoms with Gasteiger partial charge in [0.15, 0.2) is 6.01 Å². The molecule has 2 N–H and O–H groups in total. The summed E-state index contributed by atoms with van der Waals surface area (Å²) in [6.07, 6.45) is -3.51. The van der Waals surface area contributed by atoms with Gasteiger partial charge < -0.3 is 14.9 Å². The highest BCUT2D eigenvalue weighted by molar-refractivity contribution is 7.91. The van der Waals surface area contributed by atoms with Gasteiger partial charge in [-0.05, 0) is 12.1 Å². The maximum Gasteiger partial charge on any atom is 0.281 e. The fourth-order valence-electron chi connectivity index (χ4n) is 2.81. The van der Waals surface area contributed by atoms with E-state index in [1.807, 2.05) is 0 Å². The number of benzene rings is 2. The van der Waals surface area contributed by atoms with E-state index in [9.17, 15) is 36.2 Å². The maximum atomic E-state index is 14.0. The zero-order valence-corrected chi connectivity index (χ0v) is 13.7. The van der Waals surface area contributed by atoms with Gasteiger partial charge in [0, 0.05) is 35.7 Å². The first-order chi connectivity index (χ1) is 12.0. The molecule has 0 amide bonds. The van der Waals surface area contributed by atoms with Gasteiger partial charge in [-0.1, -0.05) is 0 Å². The summed E-state index contributed by atoms with van der Waals surface area (Å²) in [6.45, 7) is 0. The van der Waals surface area contributed by atoms with Crippen LogP contribution in [-0.4, -0.2) is 30.6 Å². The van der Waals surface area contributed by atoms with Gasteiger partial charge in [-0.25, -0.2) is 26.0 Å². The summed E-state index contributed by atoms with van der Waals surface area (Å²) in [5.41, 5.74) is -0.980. The number of ether oxygens (including phenoxy) is 1. The van der Waals surface area contributed by atoms with Gasteiger partial charge in [0.2, 0.25) is 9.84 Å². The van der Waals surface area contributed by atoms with E-state index in [0.717, 1.165) is 30.3 Å². The lowest BCUT2D eigenvalue weighted by Crippen LogP contribution is -2.22. The van der Waals surface area contributed by atoms with E-state index < -0.39 is 56.3 Å². The molecule has 0 radical (unpaired) electrons. The molecule has 0 saturated heterocycles. The average molecular weight is 392 g/mol. The van der Waals surface area contributed by atoms with E-state index in [4.69, 9.17) is 4.74 Å². The summed E-state index contributed by atoms with van der Waals surface area (Å²) in [7, 11) is -4.53. The number of hydrogen-bond donors (Lipinski definition) is 2. The predicted molar refractivity (Wildman–Crippen MR) is 81.4 cm³/mol. The van der Waals surface area contributed by atoms with Gasteiger partial charge >= 0.3 is 0 Å². The number of aliphatic hydroxyl groups excluding tert-OH is 1. The van der Waals surface area contributed by atoms with Crippen molar-refractivity contribution in [3.05, 3.63) is 47.3 Å². The molecular formula is C16H12F4O5S. The molecule has 2 aromatic carbocycles. The minimum atomic E-state index is -4.53. The monoisotopic (exact) mass is 392 g/mol. The number of aliphatic hydroxyl groups is 1. The third-order valence-corrected chi connectivity index (χ3v) is 5.24. The van der Waals surface area contributed by atoms with Crippen molar-refractivity contribution < 1.29 is 40.9 Å². The Bertz CT molecular complexity index is 955. The van der Waals surface area contributed by atoms with Gasteiger partial charge in [-0.2, -0.15) is 0 Å². The number of alkyl halides is 3. The topological polar surface area (TPSA) is 83.8 Å². The Labute approximate surface area is 145 Å². The quantitative estimate of drug-likeness (QED) is 0.781. The summed E-state index contributed by atoms with van der Waals surface area (Å²) in [6, 6.07) is 2.72. The molecule has 0 aliphatic heterocycles. The molecule has 140 valence electrons. The van der Waals surface area contributed by atoms with Crippen molar-refractivity contribution >= 4 is 9.84 Å². The van der Waals surface area contributed by atoms with Gasteiger partial charge in [-0.3, -0.25) is 0 Å². The number of halogens is 4. The maximum absolute atomic E-state index is 14.0. The molecule has 0 spiro atoms. The molecule has 0 aromatic heterocycles. The fraction of sp³-hybridized carbons (Fsp3) is 0.250. The van der Waals surface area contributed by atoms with E-state index in [0.29, 0.717) is 0 Å². The van der Waals surface area contributed by atoms with Gasteiger partial charge in [0.25, 0.3) is 5.92 Å². The summed E-state index contributed by atoms with van der Waals surface area (Å²) in [5, 5.41) is 19.2. The van der Waals surface area contributed by atoms with Crippen LogP contribution in [0.5, 0.6) is 17.2 Å². The Hall–Kier alpha value is -2.33. The molecule has 0 saturated carbocycles. The lowest BCUT2D eigenvalue weighted by atomic mass is 10.1. The molecule has 1 aliphatic carbocycles. The van der Waals surface area contributed by atoms with Gasteiger partial charge in [0.1, 0.15) is 29.2 Å². The predicted octanol–water partition coefficient (Wildman–Crippen LogP) is 3.25. The van der Waals surface area contributed by atoms with E-state index in [1.54, 1.807) is 0 Å². The molecule has 1 unspecified atom stereocenters. The van der Waals surface area contributed by atoms with Crippen molar-refractivity contribution in [2.45, 2.75) is 23.3 Å². The van der Waals surface area contributed by atoms with Crippen LogP contribution in [0.15, 0.2) is 35.2 Å². The van der Waals surface area contributed by atoms with Crippen molar-refractivity contribution in [3.63, 3.8) is 0 Å². The molecular weight excluding hydrogens is 380 g/mol. The smallest absolute Gasteiger partial charge is 0.281 e. The number of rotatable bonds is 4. The highest BCUT2D eigenvalue weighted by Crippen LogP contribution is 2.49. The second-order valence-corrected chi connectivity index (χ2v) is 7.65. The number of phenolic OH excluding ortho intramolecular Hbond substituents is 1. The summed E-state index contributed by atoms with van der Waals surface area (Å²) in [4.78, 5) is -0.755. The molecule has 0 heterocycles. The SMILES string of the molecule is O=S(=O)(CF)c1ccc(Oc2cc(O)cc(F)c2)c2c1C(O)C(F)(F)C2. The second kappa shape index (κ2) is 6.13. The van der Waals surface area contributed by atoms with Crippen LogP contribution in [0.3, 0.4) is 0 Å². The van der Waals surface area contributed by atoms with Crippen molar-refractivity contribution in [3.8, 4) is 17.2 Å². The minimum Gasteiger partial charge on any atom is -0.508 e. The molecule has 10 heteroatoms. The lowest BCUT2D eigenvalue weighted by Gasteiger charge is -2.16.